The molecule has 14 heavy (non-hydrogen) atoms. The van der Waals surface area contributed by atoms with E-state index in [4.69, 9.17) is 14.8 Å². The molecule has 5 nitrogen and oxygen atoms in total. The zero-order valence-corrected chi connectivity index (χ0v) is 10.2. The Bertz CT molecular complexity index is 125. The molecule has 0 radical (unpaired) electrons. The van der Waals surface area contributed by atoms with Crippen molar-refractivity contribution >= 4 is 49.2 Å². The third kappa shape index (κ3) is 58.5. The van der Waals surface area contributed by atoms with Crippen molar-refractivity contribution < 1.29 is 24.4 Å². The van der Waals surface area contributed by atoms with Gasteiger partial charge in [-0.3, -0.25) is 9.59 Å². The van der Waals surface area contributed by atoms with E-state index in [9.17, 15) is 9.59 Å². The van der Waals surface area contributed by atoms with Crippen LogP contribution in [0.3, 0.4) is 0 Å². The topological polar surface area (TPSA) is 94.8 Å². The van der Waals surface area contributed by atoms with Crippen molar-refractivity contribution in [1.82, 2.24) is 0 Å². The van der Waals surface area contributed by atoms with Gasteiger partial charge in [0.2, 0.25) is 0 Å². The molecule has 0 heterocycles. The summed E-state index contributed by atoms with van der Waals surface area (Å²) in [6, 6.07) is 0. The van der Waals surface area contributed by atoms with E-state index in [1.54, 1.807) is 0 Å². The van der Waals surface area contributed by atoms with Gasteiger partial charge < -0.3 is 14.8 Å². The van der Waals surface area contributed by atoms with Crippen molar-refractivity contribution in [3.05, 3.63) is 0 Å². The summed E-state index contributed by atoms with van der Waals surface area (Å²) in [7, 11) is 0. The van der Waals surface area contributed by atoms with Crippen LogP contribution < -0.4 is 0 Å². The fraction of sp³-hybridized carbons (Fsp3) is 0.667. The first kappa shape index (κ1) is 19.5. The van der Waals surface area contributed by atoms with E-state index in [1.807, 2.05) is 6.92 Å². The molecule has 0 amide bonds. The van der Waals surface area contributed by atoms with Gasteiger partial charge in [0.1, 0.15) is 0 Å². The molecule has 0 aromatic heterocycles. The van der Waals surface area contributed by atoms with Crippen LogP contribution in [0.1, 0.15) is 6.92 Å². The van der Waals surface area contributed by atoms with E-state index in [-0.39, 0.29) is 11.5 Å². The summed E-state index contributed by atoms with van der Waals surface area (Å²) in [6.45, 7) is 1.89. The lowest BCUT2D eigenvalue weighted by Gasteiger charge is -1.71. The molecular weight excluding hydrogens is 248 g/mol. The second-order valence-electron chi connectivity index (χ2n) is 1.52. The van der Waals surface area contributed by atoms with Gasteiger partial charge >= 0.3 is 11.9 Å². The number of aliphatic carboxylic acids is 2. The minimum Gasteiger partial charge on any atom is -0.481 e. The largest absolute Gasteiger partial charge is 0.481 e. The monoisotopic (exact) mass is 262 g/mol. The summed E-state index contributed by atoms with van der Waals surface area (Å²) in [5.41, 5.74) is 0. The number of hydrogen-bond donors (Lipinski definition) is 5. The fourth-order valence-corrected chi connectivity index (χ4v) is 0. The molecule has 86 valence electrons. The summed E-state index contributed by atoms with van der Waals surface area (Å²) < 4.78 is 7.79. The Morgan fingerprint density at radius 1 is 1.14 bits per heavy atom. The number of carboxylic acid groups (broad SMARTS) is 2. The second-order valence-corrected chi connectivity index (χ2v) is 2.99. The highest BCUT2D eigenvalue weighted by atomic mass is 32.2. The highest BCUT2D eigenvalue weighted by Crippen LogP contribution is 1.82. The maximum atomic E-state index is 9.29. The minimum absolute atomic E-state index is 0.0833. The predicted molar refractivity (Wildman–Crippen MR) is 63.7 cm³/mol. The van der Waals surface area contributed by atoms with E-state index in [2.05, 4.69) is 25.3 Å². The average Bonchev–Trinajstić information content (AvgIpc) is 2.19. The molecule has 0 saturated heterocycles. The number of thiol groups is 2. The van der Waals surface area contributed by atoms with Gasteiger partial charge in [0.05, 0.1) is 11.5 Å². The number of rotatable bonds is 3. The molecule has 0 aliphatic heterocycles. The highest BCUT2D eigenvalue weighted by molar-refractivity contribution is 7.93. The van der Waals surface area contributed by atoms with Crippen LogP contribution in [0.15, 0.2) is 0 Å². The van der Waals surface area contributed by atoms with E-state index in [0.29, 0.717) is 0 Å². The molecular formula is C6H14O5S3. The van der Waals surface area contributed by atoms with Gasteiger partial charge in [-0.2, -0.15) is 25.3 Å². The summed E-state index contributed by atoms with van der Waals surface area (Å²) in [6.07, 6.45) is 0. The second kappa shape index (κ2) is 18.7. The molecule has 0 aromatic rings. The normalized spacial score (nSPS) is 7.43. The van der Waals surface area contributed by atoms with Gasteiger partial charge in [0, 0.05) is 5.75 Å². The van der Waals surface area contributed by atoms with Crippen molar-refractivity contribution in [2.75, 3.05) is 17.3 Å². The Labute approximate surface area is 97.9 Å². The molecule has 0 bridgehead atoms. The van der Waals surface area contributed by atoms with Crippen LogP contribution in [0.2, 0.25) is 0 Å². The van der Waals surface area contributed by atoms with Gasteiger partial charge in [-0.05, 0) is 12.0 Å². The lowest BCUT2D eigenvalue weighted by Crippen LogP contribution is -1.92. The van der Waals surface area contributed by atoms with Crippen molar-refractivity contribution in [2.45, 2.75) is 6.92 Å². The summed E-state index contributed by atoms with van der Waals surface area (Å²) in [5, 5.41) is 15.3. The maximum absolute atomic E-state index is 9.29. The zero-order valence-electron chi connectivity index (χ0n) is 7.58. The van der Waals surface area contributed by atoms with Crippen LogP contribution in [-0.4, -0.2) is 44.0 Å². The molecule has 0 saturated carbocycles. The molecule has 0 unspecified atom stereocenters. The number of hydrogen-bond acceptors (Lipinski definition) is 6. The summed E-state index contributed by atoms with van der Waals surface area (Å²) in [4.78, 5) is 18.6. The Morgan fingerprint density at radius 2 is 1.29 bits per heavy atom. The van der Waals surface area contributed by atoms with Crippen LogP contribution in [0.5, 0.6) is 0 Å². The molecule has 8 heteroatoms. The molecule has 3 N–H and O–H groups in total. The van der Waals surface area contributed by atoms with Crippen LogP contribution >= 0.6 is 37.3 Å². The van der Waals surface area contributed by atoms with E-state index in [1.165, 1.54) is 0 Å². The van der Waals surface area contributed by atoms with Crippen LogP contribution in [0.25, 0.3) is 0 Å². The van der Waals surface area contributed by atoms with Gasteiger partial charge in [0.15, 0.2) is 0 Å². The van der Waals surface area contributed by atoms with Crippen LogP contribution in [-0.2, 0) is 9.59 Å². The minimum atomic E-state index is -0.881. The van der Waals surface area contributed by atoms with E-state index >= 15 is 0 Å². The quantitative estimate of drug-likeness (QED) is 0.388. The predicted octanol–water partition coefficient (Wildman–Crippen LogP) is 1.21. The zero-order chi connectivity index (χ0) is 12.0. The van der Waals surface area contributed by atoms with Gasteiger partial charge in [-0.1, -0.05) is 6.92 Å². The molecule has 0 spiro atoms. The van der Waals surface area contributed by atoms with Crippen molar-refractivity contribution in [2.24, 2.45) is 0 Å². The molecule has 0 aromatic carbocycles. The molecule has 0 rings (SSSR count). The van der Waals surface area contributed by atoms with Gasteiger partial charge in [-0.25, -0.2) is 0 Å². The first-order valence-corrected chi connectivity index (χ1v) is 5.58. The molecule has 0 fully saturated rings. The van der Waals surface area contributed by atoms with E-state index in [0.717, 1.165) is 17.8 Å². The van der Waals surface area contributed by atoms with Crippen LogP contribution in [0, 0.1) is 0 Å². The number of carboxylic acids is 2. The first-order chi connectivity index (χ1) is 6.45. The Balaban J connectivity index is -0.000000131. The Kier molecular flexibility index (Phi) is 26.0. The third-order valence-electron chi connectivity index (χ3n) is 0.400. The Hall–Kier alpha value is -0.0500. The van der Waals surface area contributed by atoms with Gasteiger partial charge in [0.25, 0.3) is 0 Å². The highest BCUT2D eigenvalue weighted by Gasteiger charge is 1.82. The molecule has 0 aliphatic carbocycles. The van der Waals surface area contributed by atoms with Crippen LogP contribution in [0.4, 0.5) is 0 Å². The molecule has 0 aliphatic rings. The standard InChI is InChI=1S/2C2H4O2S.C2H6OS/c2*3-2(4)1-5;1-2-4-3/h2*5H,1H2,(H,3,4);3H,2H2,1H3. The fourth-order valence-electron chi connectivity index (χ4n) is 0. The maximum Gasteiger partial charge on any atom is 0.313 e. The Morgan fingerprint density at radius 3 is 1.29 bits per heavy atom. The molecule has 0 atom stereocenters. The van der Waals surface area contributed by atoms with Crippen molar-refractivity contribution in [1.29, 1.82) is 0 Å². The number of carbonyl (C=O) groups is 2. The van der Waals surface area contributed by atoms with E-state index < -0.39 is 11.9 Å². The first-order valence-electron chi connectivity index (χ1n) is 3.37. The summed E-state index contributed by atoms with van der Waals surface area (Å²) >= 11 is 7.69. The van der Waals surface area contributed by atoms with Gasteiger partial charge in [-0.15, -0.1) is 0 Å². The third-order valence-corrected chi connectivity index (χ3v) is 1.20. The lowest BCUT2D eigenvalue weighted by molar-refractivity contribution is -0.134. The lowest BCUT2D eigenvalue weighted by atomic mass is 10.8. The smallest absolute Gasteiger partial charge is 0.313 e. The SMILES string of the molecule is CCSO.O=C(O)CS.O=C(O)CS. The summed E-state index contributed by atoms with van der Waals surface area (Å²) in [5.74, 6) is -1.14. The van der Waals surface area contributed by atoms with Crippen molar-refractivity contribution in [3.8, 4) is 0 Å². The average molecular weight is 262 g/mol. The van der Waals surface area contributed by atoms with Crippen molar-refractivity contribution in [3.63, 3.8) is 0 Å².